The third kappa shape index (κ3) is 3.88. The molecular formula is C20H25NO. The van der Waals surface area contributed by atoms with Crippen LogP contribution < -0.4 is 4.74 Å². The Kier molecular flexibility index (Phi) is 5.10. The van der Waals surface area contributed by atoms with Crippen molar-refractivity contribution in [3.05, 3.63) is 48.2 Å². The van der Waals surface area contributed by atoms with Gasteiger partial charge in [-0.05, 0) is 61.1 Å². The molecule has 116 valence electrons. The molecule has 0 amide bonds. The van der Waals surface area contributed by atoms with Crippen molar-refractivity contribution < 1.29 is 4.74 Å². The molecule has 0 atom stereocenters. The van der Waals surface area contributed by atoms with Crippen molar-refractivity contribution in [1.82, 2.24) is 4.98 Å². The summed E-state index contributed by atoms with van der Waals surface area (Å²) in [5.74, 6) is 1.72. The number of aryl methyl sites for hydroxylation is 1. The first-order valence-electron chi connectivity index (χ1n) is 8.53. The lowest BCUT2D eigenvalue weighted by molar-refractivity contribution is 0.209. The summed E-state index contributed by atoms with van der Waals surface area (Å²) in [7, 11) is 0. The van der Waals surface area contributed by atoms with Crippen molar-refractivity contribution in [3.63, 3.8) is 0 Å². The molecule has 1 aliphatic rings. The Balaban J connectivity index is 1.59. The Bertz CT molecular complexity index is 568. The number of ether oxygens (including phenoxy) is 1. The van der Waals surface area contributed by atoms with Gasteiger partial charge >= 0.3 is 0 Å². The van der Waals surface area contributed by atoms with E-state index in [1.165, 1.54) is 37.7 Å². The quantitative estimate of drug-likeness (QED) is 0.749. The van der Waals surface area contributed by atoms with E-state index in [-0.39, 0.29) is 0 Å². The second kappa shape index (κ2) is 7.44. The molecule has 22 heavy (non-hydrogen) atoms. The molecule has 1 aliphatic carbocycles. The standard InChI is InChI=1S/C20H25NO/c1-2-16-8-13-20(21-14-16)18-9-11-19(12-10-18)22-15-17-6-4-3-5-7-17/h8-14,17H,2-7,15H2,1H3. The van der Waals surface area contributed by atoms with Gasteiger partial charge in [-0.3, -0.25) is 4.98 Å². The van der Waals surface area contributed by atoms with Crippen LogP contribution >= 0.6 is 0 Å². The Labute approximate surface area is 133 Å². The average molecular weight is 295 g/mol. The average Bonchev–Trinajstić information content (AvgIpc) is 2.61. The number of rotatable bonds is 5. The van der Waals surface area contributed by atoms with Crippen LogP contribution in [0.3, 0.4) is 0 Å². The molecule has 1 aromatic carbocycles. The fourth-order valence-corrected chi connectivity index (χ4v) is 3.09. The summed E-state index contributed by atoms with van der Waals surface area (Å²) in [6.45, 7) is 3.01. The third-order valence-electron chi connectivity index (χ3n) is 4.59. The fraction of sp³-hybridized carbons (Fsp3) is 0.450. The Hall–Kier alpha value is -1.83. The van der Waals surface area contributed by atoms with Crippen LogP contribution in [0.15, 0.2) is 42.6 Å². The highest BCUT2D eigenvalue weighted by atomic mass is 16.5. The van der Waals surface area contributed by atoms with E-state index in [2.05, 4.69) is 48.3 Å². The van der Waals surface area contributed by atoms with E-state index in [1.807, 2.05) is 6.20 Å². The zero-order chi connectivity index (χ0) is 15.2. The maximum atomic E-state index is 5.95. The molecule has 0 aliphatic heterocycles. The van der Waals surface area contributed by atoms with Crippen molar-refractivity contribution >= 4 is 0 Å². The van der Waals surface area contributed by atoms with Crippen molar-refractivity contribution in [2.24, 2.45) is 5.92 Å². The molecule has 0 N–H and O–H groups in total. The number of nitrogens with zero attached hydrogens (tertiary/aromatic N) is 1. The zero-order valence-corrected chi connectivity index (χ0v) is 13.4. The molecule has 0 radical (unpaired) electrons. The minimum absolute atomic E-state index is 0.747. The van der Waals surface area contributed by atoms with Gasteiger partial charge in [0.15, 0.2) is 0 Å². The van der Waals surface area contributed by atoms with Crippen molar-refractivity contribution in [2.75, 3.05) is 6.61 Å². The molecule has 1 heterocycles. The van der Waals surface area contributed by atoms with Gasteiger partial charge in [-0.15, -0.1) is 0 Å². The van der Waals surface area contributed by atoms with E-state index >= 15 is 0 Å². The van der Waals surface area contributed by atoms with Crippen LogP contribution in [0.25, 0.3) is 11.3 Å². The first kappa shape index (κ1) is 15.1. The molecule has 1 saturated carbocycles. The minimum atomic E-state index is 0.747. The van der Waals surface area contributed by atoms with E-state index in [9.17, 15) is 0 Å². The normalized spacial score (nSPS) is 15.7. The number of benzene rings is 1. The third-order valence-corrected chi connectivity index (χ3v) is 4.59. The van der Waals surface area contributed by atoms with Crippen LogP contribution in [0.5, 0.6) is 5.75 Å². The van der Waals surface area contributed by atoms with Gasteiger partial charge in [-0.25, -0.2) is 0 Å². The second-order valence-electron chi connectivity index (χ2n) is 6.24. The summed E-state index contributed by atoms with van der Waals surface area (Å²) in [5, 5.41) is 0. The topological polar surface area (TPSA) is 22.1 Å². The smallest absolute Gasteiger partial charge is 0.119 e. The minimum Gasteiger partial charge on any atom is -0.493 e. The first-order chi connectivity index (χ1) is 10.8. The Morgan fingerprint density at radius 1 is 1.00 bits per heavy atom. The second-order valence-corrected chi connectivity index (χ2v) is 6.24. The lowest BCUT2D eigenvalue weighted by Crippen LogP contribution is -2.15. The van der Waals surface area contributed by atoms with Gasteiger partial charge in [0.1, 0.15) is 5.75 Å². The van der Waals surface area contributed by atoms with Crippen molar-refractivity contribution in [3.8, 4) is 17.0 Å². The van der Waals surface area contributed by atoms with Crippen LogP contribution in [0.2, 0.25) is 0 Å². The van der Waals surface area contributed by atoms with E-state index in [0.29, 0.717) is 0 Å². The Morgan fingerprint density at radius 2 is 1.77 bits per heavy atom. The van der Waals surface area contributed by atoms with Gasteiger partial charge in [0.2, 0.25) is 0 Å². The lowest BCUT2D eigenvalue weighted by atomic mass is 9.90. The summed E-state index contributed by atoms with van der Waals surface area (Å²) in [4.78, 5) is 4.53. The summed E-state index contributed by atoms with van der Waals surface area (Å²) in [6, 6.07) is 12.6. The predicted octanol–water partition coefficient (Wildman–Crippen LogP) is 5.27. The summed E-state index contributed by atoms with van der Waals surface area (Å²) >= 11 is 0. The summed E-state index contributed by atoms with van der Waals surface area (Å²) < 4.78 is 5.95. The number of pyridine rings is 1. The molecule has 0 spiro atoms. The highest BCUT2D eigenvalue weighted by Crippen LogP contribution is 2.25. The lowest BCUT2D eigenvalue weighted by Gasteiger charge is -2.21. The van der Waals surface area contributed by atoms with E-state index < -0.39 is 0 Å². The molecular weight excluding hydrogens is 270 g/mol. The SMILES string of the molecule is CCc1ccc(-c2ccc(OCC3CCCCC3)cc2)nc1. The van der Waals surface area contributed by atoms with Gasteiger partial charge < -0.3 is 4.74 Å². The summed E-state index contributed by atoms with van der Waals surface area (Å²) in [5.41, 5.74) is 3.44. The largest absolute Gasteiger partial charge is 0.493 e. The number of hydrogen-bond donors (Lipinski definition) is 0. The van der Waals surface area contributed by atoms with E-state index in [4.69, 9.17) is 4.74 Å². The number of aromatic nitrogens is 1. The molecule has 0 saturated heterocycles. The fourth-order valence-electron chi connectivity index (χ4n) is 3.09. The molecule has 3 rings (SSSR count). The van der Waals surface area contributed by atoms with Crippen molar-refractivity contribution in [1.29, 1.82) is 0 Å². The highest BCUT2D eigenvalue weighted by molar-refractivity contribution is 5.60. The zero-order valence-electron chi connectivity index (χ0n) is 13.4. The van der Waals surface area contributed by atoms with Gasteiger partial charge in [0.25, 0.3) is 0 Å². The van der Waals surface area contributed by atoms with Crippen LogP contribution in [-0.4, -0.2) is 11.6 Å². The van der Waals surface area contributed by atoms with E-state index in [0.717, 1.165) is 36.0 Å². The summed E-state index contributed by atoms with van der Waals surface area (Å²) in [6.07, 6.45) is 9.77. The van der Waals surface area contributed by atoms with E-state index in [1.54, 1.807) is 0 Å². The van der Waals surface area contributed by atoms with Gasteiger partial charge in [0, 0.05) is 11.8 Å². The predicted molar refractivity (Wildman–Crippen MR) is 91.1 cm³/mol. The number of hydrogen-bond acceptors (Lipinski definition) is 2. The maximum Gasteiger partial charge on any atom is 0.119 e. The van der Waals surface area contributed by atoms with Gasteiger partial charge in [-0.1, -0.05) is 32.3 Å². The molecule has 1 aromatic heterocycles. The molecule has 0 unspecified atom stereocenters. The van der Waals surface area contributed by atoms with Crippen LogP contribution in [0, 0.1) is 5.92 Å². The Morgan fingerprint density at radius 3 is 2.41 bits per heavy atom. The molecule has 2 heteroatoms. The molecule has 1 fully saturated rings. The molecule has 2 nitrogen and oxygen atoms in total. The monoisotopic (exact) mass is 295 g/mol. The molecule has 2 aromatic rings. The highest BCUT2D eigenvalue weighted by Gasteiger charge is 2.13. The maximum absolute atomic E-state index is 5.95. The van der Waals surface area contributed by atoms with Crippen LogP contribution in [0.4, 0.5) is 0 Å². The molecule has 0 bridgehead atoms. The van der Waals surface area contributed by atoms with Gasteiger partial charge in [0.05, 0.1) is 12.3 Å². The van der Waals surface area contributed by atoms with Crippen LogP contribution in [-0.2, 0) is 6.42 Å². The van der Waals surface area contributed by atoms with Gasteiger partial charge in [-0.2, -0.15) is 0 Å². The first-order valence-corrected chi connectivity index (χ1v) is 8.53. The van der Waals surface area contributed by atoms with Crippen LogP contribution in [0.1, 0.15) is 44.6 Å². The van der Waals surface area contributed by atoms with Crippen molar-refractivity contribution in [2.45, 2.75) is 45.4 Å².